The van der Waals surface area contributed by atoms with E-state index in [1.54, 1.807) is 0 Å². The van der Waals surface area contributed by atoms with Crippen molar-refractivity contribution >= 4 is 11.9 Å². The minimum absolute atomic E-state index is 0.0132. The molecule has 18 heavy (non-hydrogen) atoms. The summed E-state index contributed by atoms with van der Waals surface area (Å²) in [5, 5.41) is 17.9. The number of aromatic nitrogens is 3. The predicted molar refractivity (Wildman–Crippen MR) is 62.2 cm³/mol. The van der Waals surface area contributed by atoms with Gasteiger partial charge in [-0.05, 0) is 19.3 Å². The van der Waals surface area contributed by atoms with Gasteiger partial charge in [-0.2, -0.15) is 0 Å². The van der Waals surface area contributed by atoms with Crippen LogP contribution in [0.15, 0.2) is 0 Å². The Morgan fingerprint density at radius 2 is 2.28 bits per heavy atom. The summed E-state index contributed by atoms with van der Waals surface area (Å²) in [5.74, 6) is -0.478. The van der Waals surface area contributed by atoms with E-state index in [0.717, 1.165) is 12.8 Å². The lowest BCUT2D eigenvalue weighted by Crippen LogP contribution is -2.41. The summed E-state index contributed by atoms with van der Waals surface area (Å²) in [6, 6.07) is -0.884. The maximum absolute atomic E-state index is 11.8. The van der Waals surface area contributed by atoms with Crippen molar-refractivity contribution in [1.29, 1.82) is 0 Å². The Kier molecular flexibility index (Phi) is 3.59. The van der Waals surface area contributed by atoms with Crippen LogP contribution in [0.5, 0.6) is 0 Å². The lowest BCUT2D eigenvalue weighted by atomic mass is 10.1. The second-order valence-electron chi connectivity index (χ2n) is 4.47. The molecule has 1 saturated carbocycles. The molecule has 7 heteroatoms. The molecule has 1 amide bonds. The van der Waals surface area contributed by atoms with E-state index in [4.69, 9.17) is 5.11 Å². The highest BCUT2D eigenvalue weighted by atomic mass is 16.4. The summed E-state index contributed by atoms with van der Waals surface area (Å²) < 4.78 is 0. The maximum atomic E-state index is 11.8. The number of hydrogen-bond acceptors (Lipinski definition) is 4. The molecule has 1 aromatic heterocycles. The first-order chi connectivity index (χ1) is 8.61. The molecule has 0 radical (unpaired) electrons. The highest BCUT2D eigenvalue weighted by Crippen LogP contribution is 2.37. The van der Waals surface area contributed by atoms with Gasteiger partial charge >= 0.3 is 5.97 Å². The van der Waals surface area contributed by atoms with Crippen LogP contribution in [-0.4, -0.2) is 38.2 Å². The van der Waals surface area contributed by atoms with Crippen molar-refractivity contribution in [2.45, 2.75) is 44.6 Å². The third-order valence-corrected chi connectivity index (χ3v) is 2.85. The number of aliphatic carboxylic acids is 1. The number of nitrogens with one attached hydrogen (secondary N) is 2. The fourth-order valence-electron chi connectivity index (χ4n) is 1.68. The molecule has 1 heterocycles. The Balaban J connectivity index is 1.98. The van der Waals surface area contributed by atoms with E-state index in [2.05, 4.69) is 20.5 Å². The smallest absolute Gasteiger partial charge is 0.326 e. The quantitative estimate of drug-likeness (QED) is 0.689. The Bertz CT molecular complexity index is 453. The first-order valence-electron chi connectivity index (χ1n) is 6.07. The molecule has 1 aromatic rings. The highest BCUT2D eigenvalue weighted by molar-refractivity contribution is 5.93. The van der Waals surface area contributed by atoms with Crippen LogP contribution < -0.4 is 5.32 Å². The average Bonchev–Trinajstić information content (AvgIpc) is 3.06. The SMILES string of the molecule is CCCC(NC(=O)c1n[nH]c(C2CC2)n1)C(=O)O. The summed E-state index contributed by atoms with van der Waals surface area (Å²) in [6.45, 7) is 1.86. The molecule has 0 aliphatic heterocycles. The van der Waals surface area contributed by atoms with Crippen molar-refractivity contribution in [3.8, 4) is 0 Å². The van der Waals surface area contributed by atoms with Gasteiger partial charge in [-0.25, -0.2) is 9.78 Å². The van der Waals surface area contributed by atoms with E-state index in [1.807, 2.05) is 6.92 Å². The number of H-pyrrole nitrogens is 1. The van der Waals surface area contributed by atoms with Crippen LogP contribution in [0.2, 0.25) is 0 Å². The summed E-state index contributed by atoms with van der Waals surface area (Å²) in [5.41, 5.74) is 0. The van der Waals surface area contributed by atoms with Crippen LogP contribution in [0, 0.1) is 0 Å². The summed E-state index contributed by atoms with van der Waals surface area (Å²) >= 11 is 0. The summed E-state index contributed by atoms with van der Waals surface area (Å²) in [4.78, 5) is 26.8. The number of rotatable bonds is 6. The van der Waals surface area contributed by atoms with Crippen molar-refractivity contribution in [3.63, 3.8) is 0 Å². The highest BCUT2D eigenvalue weighted by Gasteiger charge is 2.29. The Morgan fingerprint density at radius 1 is 1.56 bits per heavy atom. The van der Waals surface area contributed by atoms with E-state index < -0.39 is 17.9 Å². The van der Waals surface area contributed by atoms with Gasteiger partial charge in [0.2, 0.25) is 5.82 Å². The van der Waals surface area contributed by atoms with E-state index in [-0.39, 0.29) is 5.82 Å². The van der Waals surface area contributed by atoms with Gasteiger partial charge in [0.25, 0.3) is 5.91 Å². The fraction of sp³-hybridized carbons (Fsp3) is 0.636. The van der Waals surface area contributed by atoms with Crippen LogP contribution in [0.4, 0.5) is 0 Å². The molecular formula is C11H16N4O3. The van der Waals surface area contributed by atoms with Gasteiger partial charge in [-0.3, -0.25) is 9.89 Å². The topological polar surface area (TPSA) is 108 Å². The molecular weight excluding hydrogens is 236 g/mol. The van der Waals surface area contributed by atoms with Gasteiger partial charge in [-0.15, -0.1) is 5.10 Å². The lowest BCUT2D eigenvalue weighted by Gasteiger charge is -2.11. The molecule has 3 N–H and O–H groups in total. The molecule has 98 valence electrons. The number of nitrogens with zero attached hydrogens (tertiary/aromatic N) is 2. The molecule has 2 rings (SSSR count). The van der Waals surface area contributed by atoms with Gasteiger partial charge in [0.15, 0.2) is 0 Å². The number of carboxylic acids is 1. The van der Waals surface area contributed by atoms with Gasteiger partial charge in [0, 0.05) is 5.92 Å². The van der Waals surface area contributed by atoms with Crippen molar-refractivity contribution in [2.75, 3.05) is 0 Å². The molecule has 1 fully saturated rings. The molecule has 1 atom stereocenters. The number of carboxylic acid groups (broad SMARTS) is 1. The number of carbonyl (C=O) groups excluding carboxylic acids is 1. The zero-order valence-corrected chi connectivity index (χ0v) is 10.1. The van der Waals surface area contributed by atoms with Gasteiger partial charge in [-0.1, -0.05) is 13.3 Å². The Morgan fingerprint density at radius 3 is 2.83 bits per heavy atom. The normalized spacial score (nSPS) is 16.3. The van der Waals surface area contributed by atoms with E-state index in [0.29, 0.717) is 24.6 Å². The van der Waals surface area contributed by atoms with Crippen molar-refractivity contribution in [1.82, 2.24) is 20.5 Å². The molecule has 0 saturated heterocycles. The third-order valence-electron chi connectivity index (χ3n) is 2.85. The largest absolute Gasteiger partial charge is 0.480 e. The van der Waals surface area contributed by atoms with E-state index in [1.165, 1.54) is 0 Å². The minimum Gasteiger partial charge on any atom is -0.480 e. The summed E-state index contributed by atoms with van der Waals surface area (Å²) in [6.07, 6.45) is 3.19. The monoisotopic (exact) mass is 252 g/mol. The zero-order chi connectivity index (χ0) is 13.1. The van der Waals surface area contributed by atoms with Crippen LogP contribution in [0.25, 0.3) is 0 Å². The first kappa shape index (κ1) is 12.5. The van der Waals surface area contributed by atoms with Gasteiger partial charge in [0.1, 0.15) is 11.9 Å². The van der Waals surface area contributed by atoms with Crippen LogP contribution in [0.1, 0.15) is 55.0 Å². The molecule has 1 unspecified atom stereocenters. The third kappa shape index (κ3) is 2.85. The number of amides is 1. The molecule has 1 aliphatic carbocycles. The van der Waals surface area contributed by atoms with Crippen molar-refractivity contribution < 1.29 is 14.7 Å². The predicted octanol–water partition coefficient (Wildman–Crippen LogP) is 0.665. The minimum atomic E-state index is -1.04. The second kappa shape index (κ2) is 5.16. The van der Waals surface area contributed by atoms with Gasteiger partial charge < -0.3 is 10.4 Å². The number of carbonyl (C=O) groups is 2. The molecule has 1 aliphatic rings. The standard InChI is InChI=1S/C11H16N4O3/c1-2-3-7(11(17)18)12-10(16)9-13-8(14-15-9)6-4-5-6/h6-7H,2-5H2,1H3,(H,12,16)(H,17,18)(H,13,14,15). The number of aromatic amines is 1. The molecule has 0 aromatic carbocycles. The Hall–Kier alpha value is -1.92. The number of hydrogen-bond donors (Lipinski definition) is 3. The average molecular weight is 252 g/mol. The van der Waals surface area contributed by atoms with Crippen molar-refractivity contribution in [2.24, 2.45) is 0 Å². The van der Waals surface area contributed by atoms with Crippen LogP contribution in [0.3, 0.4) is 0 Å². The fourth-order valence-corrected chi connectivity index (χ4v) is 1.68. The Labute approximate surface area is 104 Å². The van der Waals surface area contributed by atoms with Crippen LogP contribution >= 0.6 is 0 Å². The molecule has 0 spiro atoms. The molecule has 0 bridgehead atoms. The van der Waals surface area contributed by atoms with E-state index in [9.17, 15) is 9.59 Å². The second-order valence-corrected chi connectivity index (χ2v) is 4.47. The van der Waals surface area contributed by atoms with E-state index >= 15 is 0 Å². The summed E-state index contributed by atoms with van der Waals surface area (Å²) in [7, 11) is 0. The maximum Gasteiger partial charge on any atom is 0.326 e. The van der Waals surface area contributed by atoms with Crippen LogP contribution in [-0.2, 0) is 4.79 Å². The first-order valence-corrected chi connectivity index (χ1v) is 6.07. The molecule has 7 nitrogen and oxygen atoms in total. The zero-order valence-electron chi connectivity index (χ0n) is 10.1. The van der Waals surface area contributed by atoms with Crippen molar-refractivity contribution in [3.05, 3.63) is 11.6 Å². The lowest BCUT2D eigenvalue weighted by molar-refractivity contribution is -0.139. The van der Waals surface area contributed by atoms with Gasteiger partial charge in [0.05, 0.1) is 0 Å².